The number of nitrogen functional groups attached to an aromatic ring is 1. The first kappa shape index (κ1) is 12.6. The van der Waals surface area contributed by atoms with E-state index in [1.165, 1.54) is 6.07 Å². The van der Waals surface area contributed by atoms with Gasteiger partial charge in [0.1, 0.15) is 11.6 Å². The Morgan fingerprint density at radius 1 is 1.22 bits per heavy atom. The predicted molar refractivity (Wildman–Crippen MR) is 62.9 cm³/mol. The molecule has 1 heterocycles. The van der Waals surface area contributed by atoms with Crippen LogP contribution in [0.3, 0.4) is 0 Å². The van der Waals surface area contributed by atoms with E-state index in [-0.39, 0.29) is 11.3 Å². The molecule has 0 atom stereocenters. The summed E-state index contributed by atoms with van der Waals surface area (Å²) in [5.41, 5.74) is 5.22. The van der Waals surface area contributed by atoms with Crippen LogP contribution >= 0.6 is 0 Å². The van der Waals surface area contributed by atoms with Crippen LogP contribution in [0.1, 0.15) is 24.7 Å². The summed E-state index contributed by atoms with van der Waals surface area (Å²) in [7, 11) is 0. The van der Waals surface area contributed by atoms with Gasteiger partial charge in [-0.25, -0.2) is 9.97 Å². The Bertz CT molecular complexity index is 579. The number of nitrogens with two attached hydrogens (primary N) is 1. The molecule has 96 valence electrons. The molecule has 6 heteroatoms. The van der Waals surface area contributed by atoms with Crippen molar-refractivity contribution in [3.05, 3.63) is 29.6 Å². The van der Waals surface area contributed by atoms with Gasteiger partial charge in [0.2, 0.25) is 0 Å². The summed E-state index contributed by atoms with van der Waals surface area (Å²) >= 11 is 0. The van der Waals surface area contributed by atoms with Crippen LogP contribution in [-0.2, 0) is 12.6 Å². The van der Waals surface area contributed by atoms with Crippen LogP contribution in [-0.4, -0.2) is 9.97 Å². The maximum Gasteiger partial charge on any atom is 0.416 e. The first-order valence-corrected chi connectivity index (χ1v) is 5.55. The molecule has 0 bridgehead atoms. The van der Waals surface area contributed by atoms with Crippen LogP contribution in [0, 0.1) is 0 Å². The Labute approximate surface area is 102 Å². The van der Waals surface area contributed by atoms with Gasteiger partial charge in [-0.15, -0.1) is 0 Å². The Morgan fingerprint density at radius 2 is 1.94 bits per heavy atom. The largest absolute Gasteiger partial charge is 0.416 e. The first-order chi connectivity index (χ1) is 8.41. The predicted octanol–water partition coefficient (Wildman–Crippen LogP) is 3.18. The molecule has 2 N–H and O–H groups in total. The molecule has 1 aromatic carbocycles. The number of benzene rings is 1. The standard InChI is InChI=1S/C12H12F3N3/c1-2-3-10-17-9-6-7(12(13,14)15)4-5-8(9)11(16)18-10/h4-6H,2-3H2,1H3,(H2,16,17,18). The second-order valence-corrected chi connectivity index (χ2v) is 4.00. The molecular weight excluding hydrogens is 243 g/mol. The lowest BCUT2D eigenvalue weighted by Gasteiger charge is -2.09. The van der Waals surface area contributed by atoms with Gasteiger partial charge in [-0.1, -0.05) is 6.92 Å². The average molecular weight is 255 g/mol. The molecule has 0 unspecified atom stereocenters. The van der Waals surface area contributed by atoms with Gasteiger partial charge < -0.3 is 5.73 Å². The molecule has 18 heavy (non-hydrogen) atoms. The molecule has 0 amide bonds. The van der Waals surface area contributed by atoms with Gasteiger partial charge in [-0.05, 0) is 24.6 Å². The highest BCUT2D eigenvalue weighted by Gasteiger charge is 2.30. The van der Waals surface area contributed by atoms with Crippen molar-refractivity contribution >= 4 is 16.7 Å². The number of alkyl halides is 3. The summed E-state index contributed by atoms with van der Waals surface area (Å²) < 4.78 is 37.8. The molecule has 0 radical (unpaired) electrons. The normalized spacial score (nSPS) is 12.0. The lowest BCUT2D eigenvalue weighted by Crippen LogP contribution is -2.06. The van der Waals surface area contributed by atoms with Crippen LogP contribution < -0.4 is 5.73 Å². The number of aromatic nitrogens is 2. The summed E-state index contributed by atoms with van der Waals surface area (Å²) in [4.78, 5) is 8.18. The van der Waals surface area contributed by atoms with Crippen LogP contribution in [0.25, 0.3) is 10.9 Å². The molecule has 0 aliphatic rings. The highest BCUT2D eigenvalue weighted by molar-refractivity contribution is 5.88. The molecular formula is C12H12F3N3. The van der Waals surface area contributed by atoms with Crippen LogP contribution in [0.4, 0.5) is 19.0 Å². The molecule has 0 saturated heterocycles. The summed E-state index contributed by atoms with van der Waals surface area (Å²) in [5.74, 6) is 0.694. The van der Waals surface area contributed by atoms with E-state index in [2.05, 4.69) is 9.97 Å². The summed E-state index contributed by atoms with van der Waals surface area (Å²) in [6.45, 7) is 1.94. The number of halogens is 3. The van der Waals surface area contributed by atoms with E-state index in [4.69, 9.17) is 5.73 Å². The van der Waals surface area contributed by atoms with Crippen molar-refractivity contribution in [3.8, 4) is 0 Å². The fraction of sp³-hybridized carbons (Fsp3) is 0.333. The van der Waals surface area contributed by atoms with Gasteiger partial charge in [0.25, 0.3) is 0 Å². The monoisotopic (exact) mass is 255 g/mol. The van der Waals surface area contributed by atoms with Gasteiger partial charge in [-0.2, -0.15) is 13.2 Å². The summed E-state index contributed by atoms with van der Waals surface area (Å²) in [6.07, 6.45) is -2.97. The number of hydrogen-bond acceptors (Lipinski definition) is 3. The third-order valence-corrected chi connectivity index (χ3v) is 2.57. The lowest BCUT2D eigenvalue weighted by atomic mass is 10.1. The quantitative estimate of drug-likeness (QED) is 0.896. The van der Waals surface area contributed by atoms with Crippen molar-refractivity contribution in [2.45, 2.75) is 25.9 Å². The van der Waals surface area contributed by atoms with Gasteiger partial charge >= 0.3 is 6.18 Å². The molecule has 2 rings (SSSR count). The maximum absolute atomic E-state index is 12.6. The number of hydrogen-bond donors (Lipinski definition) is 1. The summed E-state index contributed by atoms with van der Waals surface area (Å²) in [5, 5.41) is 0.447. The van der Waals surface area contributed by atoms with E-state index in [9.17, 15) is 13.2 Å². The fourth-order valence-electron chi connectivity index (χ4n) is 1.72. The van der Waals surface area contributed by atoms with Crippen molar-refractivity contribution in [1.82, 2.24) is 9.97 Å². The Balaban J connectivity index is 2.60. The zero-order valence-corrected chi connectivity index (χ0v) is 9.75. The first-order valence-electron chi connectivity index (χ1n) is 5.55. The van der Waals surface area contributed by atoms with Crippen LogP contribution in [0.2, 0.25) is 0 Å². The van der Waals surface area contributed by atoms with Crippen molar-refractivity contribution in [1.29, 1.82) is 0 Å². The van der Waals surface area contributed by atoms with E-state index in [1.807, 2.05) is 6.92 Å². The Hall–Kier alpha value is -1.85. The zero-order chi connectivity index (χ0) is 13.3. The van der Waals surface area contributed by atoms with E-state index in [0.29, 0.717) is 17.6 Å². The topological polar surface area (TPSA) is 51.8 Å². The molecule has 0 aliphatic heterocycles. The molecule has 0 spiro atoms. The van der Waals surface area contributed by atoms with Gasteiger partial charge in [-0.3, -0.25) is 0 Å². The number of rotatable bonds is 2. The minimum atomic E-state index is -4.38. The van der Waals surface area contributed by atoms with Gasteiger partial charge in [0.05, 0.1) is 11.1 Å². The molecule has 3 nitrogen and oxygen atoms in total. The number of fused-ring (bicyclic) bond motifs is 1. The van der Waals surface area contributed by atoms with E-state index >= 15 is 0 Å². The molecule has 2 aromatic rings. The molecule has 0 aliphatic carbocycles. The Kier molecular flexibility index (Phi) is 3.11. The van der Waals surface area contributed by atoms with Crippen molar-refractivity contribution in [3.63, 3.8) is 0 Å². The SMILES string of the molecule is CCCc1nc(N)c2ccc(C(F)(F)F)cc2n1. The highest BCUT2D eigenvalue weighted by atomic mass is 19.4. The molecule has 0 fully saturated rings. The van der Waals surface area contributed by atoms with E-state index in [0.717, 1.165) is 18.6 Å². The van der Waals surface area contributed by atoms with Crippen molar-refractivity contribution < 1.29 is 13.2 Å². The minimum absolute atomic E-state index is 0.220. The number of anilines is 1. The second kappa shape index (κ2) is 4.44. The fourth-order valence-corrected chi connectivity index (χ4v) is 1.72. The number of aryl methyl sites for hydroxylation is 1. The van der Waals surface area contributed by atoms with Crippen molar-refractivity contribution in [2.24, 2.45) is 0 Å². The molecule has 1 aromatic heterocycles. The zero-order valence-electron chi connectivity index (χ0n) is 9.75. The lowest BCUT2D eigenvalue weighted by molar-refractivity contribution is -0.137. The van der Waals surface area contributed by atoms with E-state index in [1.54, 1.807) is 0 Å². The average Bonchev–Trinajstić information content (AvgIpc) is 2.27. The van der Waals surface area contributed by atoms with Gasteiger partial charge in [0, 0.05) is 11.8 Å². The minimum Gasteiger partial charge on any atom is -0.383 e. The van der Waals surface area contributed by atoms with Gasteiger partial charge in [0.15, 0.2) is 0 Å². The smallest absolute Gasteiger partial charge is 0.383 e. The summed E-state index contributed by atoms with van der Waals surface area (Å²) in [6, 6.07) is 3.30. The number of nitrogens with zero attached hydrogens (tertiary/aromatic N) is 2. The van der Waals surface area contributed by atoms with Crippen LogP contribution in [0.5, 0.6) is 0 Å². The third-order valence-electron chi connectivity index (χ3n) is 2.57. The third kappa shape index (κ3) is 2.37. The van der Waals surface area contributed by atoms with Crippen molar-refractivity contribution in [2.75, 3.05) is 5.73 Å². The second-order valence-electron chi connectivity index (χ2n) is 4.00. The van der Waals surface area contributed by atoms with E-state index < -0.39 is 11.7 Å². The molecule has 0 saturated carbocycles. The Morgan fingerprint density at radius 3 is 2.56 bits per heavy atom. The van der Waals surface area contributed by atoms with Crippen LogP contribution in [0.15, 0.2) is 18.2 Å². The highest BCUT2D eigenvalue weighted by Crippen LogP contribution is 2.31. The maximum atomic E-state index is 12.6.